The molecule has 1 amide bonds. The van der Waals surface area contributed by atoms with Crippen molar-refractivity contribution in [1.82, 2.24) is 9.80 Å². The Morgan fingerprint density at radius 1 is 1.50 bits per heavy atom. The van der Waals surface area contributed by atoms with Gasteiger partial charge < -0.3 is 10.0 Å². The van der Waals surface area contributed by atoms with Crippen molar-refractivity contribution >= 4 is 23.2 Å². The molecular weight excluding hydrogens is 252 g/mol. The van der Waals surface area contributed by atoms with Gasteiger partial charge in [-0.05, 0) is 18.6 Å². The molecule has 1 saturated heterocycles. The summed E-state index contributed by atoms with van der Waals surface area (Å²) >= 11 is 1.29. The van der Waals surface area contributed by atoms with Gasteiger partial charge in [0.1, 0.15) is 4.88 Å². The number of hydrogen-bond acceptors (Lipinski definition) is 4. The molecule has 2 rings (SSSR count). The lowest BCUT2D eigenvalue weighted by Gasteiger charge is -2.31. The third-order valence-electron chi connectivity index (χ3n) is 3.16. The Balaban J connectivity index is 2.05. The third kappa shape index (κ3) is 2.70. The van der Waals surface area contributed by atoms with Crippen LogP contribution in [0, 0.1) is 6.92 Å². The van der Waals surface area contributed by atoms with Crippen molar-refractivity contribution in [3.8, 4) is 0 Å². The Morgan fingerprint density at radius 2 is 2.22 bits per heavy atom. The van der Waals surface area contributed by atoms with Gasteiger partial charge in [-0.25, -0.2) is 4.79 Å². The van der Waals surface area contributed by atoms with Crippen molar-refractivity contribution in [1.29, 1.82) is 0 Å². The molecule has 1 aromatic rings. The van der Waals surface area contributed by atoms with Crippen LogP contribution in [0.5, 0.6) is 0 Å². The zero-order chi connectivity index (χ0) is 13.3. The van der Waals surface area contributed by atoms with Gasteiger partial charge in [-0.1, -0.05) is 0 Å². The molecule has 6 heteroatoms. The molecule has 0 saturated carbocycles. The van der Waals surface area contributed by atoms with Crippen LogP contribution < -0.4 is 0 Å². The number of piperazine rings is 1. The molecule has 18 heavy (non-hydrogen) atoms. The van der Waals surface area contributed by atoms with E-state index in [1.54, 1.807) is 18.0 Å². The quantitative estimate of drug-likeness (QED) is 0.889. The Hall–Kier alpha value is -1.40. The van der Waals surface area contributed by atoms with E-state index in [4.69, 9.17) is 5.11 Å². The molecule has 0 spiro atoms. The molecular formula is C12H16N2O3S. The molecule has 1 aliphatic rings. The van der Waals surface area contributed by atoms with E-state index in [2.05, 4.69) is 4.90 Å². The van der Waals surface area contributed by atoms with Crippen molar-refractivity contribution in [3.05, 3.63) is 21.4 Å². The van der Waals surface area contributed by atoms with Gasteiger partial charge in [0.2, 0.25) is 5.91 Å². The van der Waals surface area contributed by atoms with E-state index in [0.717, 1.165) is 23.5 Å². The van der Waals surface area contributed by atoms with Crippen LogP contribution in [0.3, 0.4) is 0 Å². The molecule has 0 bridgehead atoms. The highest BCUT2D eigenvalue weighted by Gasteiger charge is 2.22. The van der Waals surface area contributed by atoms with Gasteiger partial charge in [0.25, 0.3) is 0 Å². The van der Waals surface area contributed by atoms with Crippen molar-refractivity contribution < 1.29 is 14.7 Å². The highest BCUT2D eigenvalue weighted by molar-refractivity contribution is 7.14. The van der Waals surface area contributed by atoms with E-state index < -0.39 is 5.97 Å². The summed E-state index contributed by atoms with van der Waals surface area (Å²) in [6, 6.07) is 1.71. The first-order chi connectivity index (χ1) is 8.47. The Kier molecular flexibility index (Phi) is 3.68. The number of likely N-dealkylation sites (N-methyl/N-ethyl adjacent to an activating group) is 1. The first-order valence-electron chi connectivity index (χ1n) is 5.76. The number of thiophene rings is 1. The van der Waals surface area contributed by atoms with E-state index in [0.29, 0.717) is 18.0 Å². The van der Waals surface area contributed by atoms with Crippen LogP contribution in [0.15, 0.2) is 6.07 Å². The van der Waals surface area contributed by atoms with Gasteiger partial charge in [0.05, 0.1) is 6.54 Å². The van der Waals surface area contributed by atoms with Crippen molar-refractivity contribution in [2.45, 2.75) is 13.5 Å². The summed E-state index contributed by atoms with van der Waals surface area (Å²) in [6.45, 7) is 4.54. The van der Waals surface area contributed by atoms with Crippen LogP contribution in [0.2, 0.25) is 0 Å². The number of rotatable bonds is 3. The maximum absolute atomic E-state index is 11.6. The third-order valence-corrected chi connectivity index (χ3v) is 4.24. The minimum absolute atomic E-state index is 0.118. The number of carboxylic acids is 1. The molecule has 1 fully saturated rings. The Bertz CT molecular complexity index is 484. The molecule has 1 N–H and O–H groups in total. The van der Waals surface area contributed by atoms with Crippen LogP contribution in [-0.2, 0) is 11.3 Å². The molecule has 1 aliphatic heterocycles. The monoisotopic (exact) mass is 268 g/mol. The lowest BCUT2D eigenvalue weighted by molar-refractivity contribution is -0.134. The second-order valence-electron chi connectivity index (χ2n) is 4.52. The highest BCUT2D eigenvalue weighted by Crippen LogP contribution is 2.23. The molecule has 0 aliphatic carbocycles. The summed E-state index contributed by atoms with van der Waals surface area (Å²) in [7, 11) is 1.80. The second kappa shape index (κ2) is 5.07. The van der Waals surface area contributed by atoms with Crippen molar-refractivity contribution in [3.63, 3.8) is 0 Å². The van der Waals surface area contributed by atoms with Gasteiger partial charge in [-0.3, -0.25) is 9.69 Å². The van der Waals surface area contributed by atoms with E-state index in [-0.39, 0.29) is 5.91 Å². The van der Waals surface area contributed by atoms with Crippen LogP contribution >= 0.6 is 11.3 Å². The molecule has 0 radical (unpaired) electrons. The summed E-state index contributed by atoms with van der Waals surface area (Å²) in [5.41, 5.74) is 1.01. The number of carboxylic acid groups (broad SMARTS) is 1. The van der Waals surface area contributed by atoms with E-state index in [9.17, 15) is 9.59 Å². The maximum Gasteiger partial charge on any atom is 0.345 e. The van der Waals surface area contributed by atoms with E-state index >= 15 is 0 Å². The molecule has 0 unspecified atom stereocenters. The number of carbonyl (C=O) groups is 2. The van der Waals surface area contributed by atoms with E-state index in [1.807, 2.05) is 6.92 Å². The lowest BCUT2D eigenvalue weighted by Crippen LogP contribution is -2.47. The fourth-order valence-corrected chi connectivity index (χ4v) is 2.84. The summed E-state index contributed by atoms with van der Waals surface area (Å²) < 4.78 is 0. The number of aryl methyl sites for hydroxylation is 1. The summed E-state index contributed by atoms with van der Waals surface area (Å²) in [5, 5.41) is 8.94. The molecule has 0 atom stereocenters. The van der Waals surface area contributed by atoms with Gasteiger partial charge in [0, 0.05) is 31.6 Å². The number of aromatic carboxylic acids is 1. The minimum Gasteiger partial charge on any atom is -0.477 e. The highest BCUT2D eigenvalue weighted by atomic mass is 32.1. The predicted octanol–water partition coefficient (Wildman–Crippen LogP) is 1.03. The van der Waals surface area contributed by atoms with Crippen LogP contribution in [0.25, 0.3) is 0 Å². The van der Waals surface area contributed by atoms with Crippen LogP contribution in [0.4, 0.5) is 0 Å². The average molecular weight is 268 g/mol. The lowest BCUT2D eigenvalue weighted by atomic mass is 10.2. The fraction of sp³-hybridized carbons (Fsp3) is 0.500. The summed E-state index contributed by atoms with van der Waals surface area (Å²) in [6.07, 6.45) is 0. The molecule has 0 aromatic carbocycles. The first kappa shape index (κ1) is 13.0. The van der Waals surface area contributed by atoms with Gasteiger partial charge in [0.15, 0.2) is 0 Å². The van der Waals surface area contributed by atoms with Crippen molar-refractivity contribution in [2.75, 3.05) is 26.7 Å². The molecule has 98 valence electrons. The van der Waals surface area contributed by atoms with Gasteiger partial charge in [-0.2, -0.15) is 0 Å². The standard InChI is InChI=1S/C12H16N2O3S/c1-8-9(5-10(18-8)12(16)17)6-14-4-3-13(2)11(15)7-14/h5H,3-4,6-7H2,1-2H3,(H,16,17). The predicted molar refractivity (Wildman–Crippen MR) is 68.9 cm³/mol. The van der Waals surface area contributed by atoms with E-state index in [1.165, 1.54) is 11.3 Å². The normalized spacial score (nSPS) is 17.2. The van der Waals surface area contributed by atoms with Crippen LogP contribution in [-0.4, -0.2) is 53.5 Å². The molecule has 2 heterocycles. The minimum atomic E-state index is -0.885. The Morgan fingerprint density at radius 3 is 2.78 bits per heavy atom. The van der Waals surface area contributed by atoms with Gasteiger partial charge in [-0.15, -0.1) is 11.3 Å². The SMILES string of the molecule is Cc1sc(C(=O)O)cc1CN1CCN(C)C(=O)C1. The van der Waals surface area contributed by atoms with Gasteiger partial charge >= 0.3 is 5.97 Å². The zero-order valence-electron chi connectivity index (χ0n) is 10.5. The fourth-order valence-electron chi connectivity index (χ4n) is 1.97. The average Bonchev–Trinajstić information content (AvgIpc) is 2.66. The Labute approximate surface area is 110 Å². The number of amides is 1. The molecule has 5 nitrogen and oxygen atoms in total. The second-order valence-corrected chi connectivity index (χ2v) is 5.78. The number of carbonyl (C=O) groups excluding carboxylic acids is 1. The zero-order valence-corrected chi connectivity index (χ0v) is 11.3. The molecule has 1 aromatic heterocycles. The number of hydrogen-bond donors (Lipinski definition) is 1. The summed E-state index contributed by atoms with van der Waals surface area (Å²) in [4.78, 5) is 27.6. The largest absolute Gasteiger partial charge is 0.477 e. The van der Waals surface area contributed by atoms with Crippen LogP contribution in [0.1, 0.15) is 20.1 Å². The first-order valence-corrected chi connectivity index (χ1v) is 6.58. The van der Waals surface area contributed by atoms with Crippen molar-refractivity contribution in [2.24, 2.45) is 0 Å². The number of nitrogens with zero attached hydrogens (tertiary/aromatic N) is 2. The maximum atomic E-state index is 11.6. The summed E-state index contributed by atoms with van der Waals surface area (Å²) in [5.74, 6) is -0.767. The smallest absolute Gasteiger partial charge is 0.345 e. The topological polar surface area (TPSA) is 60.9 Å².